The Morgan fingerprint density at radius 3 is 2.88 bits per heavy atom. The minimum absolute atomic E-state index is 0.290. The highest BCUT2D eigenvalue weighted by atomic mass is 35.5. The summed E-state index contributed by atoms with van der Waals surface area (Å²) in [6, 6.07) is 8.26. The summed E-state index contributed by atoms with van der Waals surface area (Å²) in [5, 5.41) is 3.53. The Labute approximate surface area is 111 Å². The molecule has 2 heterocycles. The number of halogens is 1. The van der Waals surface area contributed by atoms with Gasteiger partial charge in [-0.25, -0.2) is 0 Å². The largest absolute Gasteiger partial charge is 0.469 e. The van der Waals surface area contributed by atoms with Crippen molar-refractivity contribution in [3.05, 3.63) is 45.5 Å². The summed E-state index contributed by atoms with van der Waals surface area (Å²) in [5.74, 6) is 1.00. The lowest BCUT2D eigenvalue weighted by Crippen LogP contribution is -2.23. The lowest BCUT2D eigenvalue weighted by atomic mass is 10.1. The van der Waals surface area contributed by atoms with Crippen LogP contribution in [0.5, 0.6) is 0 Å². The number of hydrogen-bond donors (Lipinski definition) is 1. The second kappa shape index (κ2) is 6.24. The van der Waals surface area contributed by atoms with E-state index in [2.05, 4.69) is 18.3 Å². The first-order valence-corrected chi connectivity index (χ1v) is 7.00. The Hall–Kier alpha value is -0.770. The molecule has 0 radical (unpaired) electrons. The van der Waals surface area contributed by atoms with E-state index in [9.17, 15) is 0 Å². The minimum atomic E-state index is 0.290. The van der Waals surface area contributed by atoms with Gasteiger partial charge in [-0.3, -0.25) is 0 Å². The smallest absolute Gasteiger partial charge is 0.105 e. The number of furan rings is 1. The monoisotopic (exact) mass is 269 g/mol. The fourth-order valence-electron chi connectivity index (χ4n) is 1.74. The fraction of sp³-hybridized carbons (Fsp3) is 0.385. The van der Waals surface area contributed by atoms with Gasteiger partial charge in [-0.05, 0) is 37.2 Å². The average Bonchev–Trinajstić information content (AvgIpc) is 2.95. The quantitative estimate of drug-likeness (QED) is 0.847. The number of hydrogen-bond acceptors (Lipinski definition) is 3. The van der Waals surface area contributed by atoms with Crippen LogP contribution in [0.4, 0.5) is 0 Å². The van der Waals surface area contributed by atoms with Gasteiger partial charge >= 0.3 is 0 Å². The number of thiophene rings is 1. The summed E-state index contributed by atoms with van der Waals surface area (Å²) in [7, 11) is 0. The third-order valence-corrected chi connectivity index (χ3v) is 3.91. The minimum Gasteiger partial charge on any atom is -0.469 e. The van der Waals surface area contributed by atoms with Crippen LogP contribution in [0.15, 0.2) is 34.9 Å². The first-order valence-electron chi connectivity index (χ1n) is 5.80. The predicted octanol–water partition coefficient (Wildman–Crippen LogP) is 4.28. The lowest BCUT2D eigenvalue weighted by molar-refractivity contribution is 0.452. The molecule has 0 saturated carbocycles. The zero-order valence-electron chi connectivity index (χ0n) is 9.78. The first kappa shape index (κ1) is 12.7. The van der Waals surface area contributed by atoms with Gasteiger partial charge in [-0.1, -0.05) is 18.5 Å². The lowest BCUT2D eigenvalue weighted by Gasteiger charge is -2.15. The van der Waals surface area contributed by atoms with Crippen LogP contribution in [0.2, 0.25) is 4.34 Å². The number of rotatable bonds is 6. The van der Waals surface area contributed by atoms with Crippen molar-refractivity contribution in [2.75, 3.05) is 6.54 Å². The molecule has 2 aromatic heterocycles. The van der Waals surface area contributed by atoms with Crippen LogP contribution >= 0.6 is 22.9 Å². The molecule has 0 spiro atoms. The maximum Gasteiger partial charge on any atom is 0.105 e. The maximum absolute atomic E-state index is 5.99. The van der Waals surface area contributed by atoms with Crippen LogP contribution in [0.1, 0.15) is 30.0 Å². The van der Waals surface area contributed by atoms with Gasteiger partial charge in [-0.2, -0.15) is 0 Å². The maximum atomic E-state index is 5.99. The van der Waals surface area contributed by atoms with Crippen molar-refractivity contribution in [1.82, 2.24) is 5.32 Å². The summed E-state index contributed by atoms with van der Waals surface area (Å²) >= 11 is 7.62. The van der Waals surface area contributed by atoms with Crippen LogP contribution in [0.3, 0.4) is 0 Å². The van der Waals surface area contributed by atoms with E-state index in [0.29, 0.717) is 6.04 Å². The van der Waals surface area contributed by atoms with Crippen molar-refractivity contribution >= 4 is 22.9 Å². The van der Waals surface area contributed by atoms with Gasteiger partial charge < -0.3 is 9.73 Å². The summed E-state index contributed by atoms with van der Waals surface area (Å²) < 4.78 is 6.24. The van der Waals surface area contributed by atoms with Crippen molar-refractivity contribution < 1.29 is 4.42 Å². The summed E-state index contributed by atoms with van der Waals surface area (Å²) in [6.45, 7) is 3.17. The van der Waals surface area contributed by atoms with Crippen LogP contribution in [-0.2, 0) is 6.42 Å². The molecule has 0 aliphatic rings. The fourth-order valence-corrected chi connectivity index (χ4v) is 2.87. The molecule has 2 aromatic rings. The van der Waals surface area contributed by atoms with Crippen molar-refractivity contribution in [2.45, 2.75) is 25.8 Å². The van der Waals surface area contributed by atoms with Gasteiger partial charge in [0.2, 0.25) is 0 Å². The summed E-state index contributed by atoms with van der Waals surface area (Å²) in [4.78, 5) is 1.26. The predicted molar refractivity (Wildman–Crippen MR) is 72.8 cm³/mol. The topological polar surface area (TPSA) is 25.2 Å². The Kier molecular flexibility index (Phi) is 4.66. The normalized spacial score (nSPS) is 12.8. The molecule has 2 nitrogen and oxygen atoms in total. The van der Waals surface area contributed by atoms with Crippen LogP contribution in [-0.4, -0.2) is 6.54 Å². The van der Waals surface area contributed by atoms with Gasteiger partial charge in [0, 0.05) is 17.3 Å². The van der Waals surface area contributed by atoms with E-state index in [-0.39, 0.29) is 0 Å². The van der Waals surface area contributed by atoms with Crippen molar-refractivity contribution in [3.63, 3.8) is 0 Å². The highest BCUT2D eigenvalue weighted by Gasteiger charge is 2.15. The molecule has 0 aliphatic carbocycles. The summed E-state index contributed by atoms with van der Waals surface area (Å²) in [6.07, 6.45) is 3.70. The molecule has 92 valence electrons. The van der Waals surface area contributed by atoms with E-state index in [0.717, 1.165) is 29.5 Å². The molecular weight excluding hydrogens is 254 g/mol. The molecule has 0 aliphatic heterocycles. The molecular formula is C13H16ClNOS. The van der Waals surface area contributed by atoms with E-state index in [4.69, 9.17) is 16.0 Å². The molecule has 1 N–H and O–H groups in total. The van der Waals surface area contributed by atoms with Crippen molar-refractivity contribution in [1.29, 1.82) is 0 Å². The van der Waals surface area contributed by atoms with Gasteiger partial charge in [0.1, 0.15) is 5.76 Å². The highest BCUT2D eigenvalue weighted by molar-refractivity contribution is 7.16. The third-order valence-electron chi connectivity index (χ3n) is 2.56. The van der Waals surface area contributed by atoms with Crippen LogP contribution in [0, 0.1) is 0 Å². The highest BCUT2D eigenvalue weighted by Crippen LogP contribution is 2.29. The molecule has 2 rings (SSSR count). The van der Waals surface area contributed by atoms with Crippen molar-refractivity contribution in [3.8, 4) is 0 Å². The number of nitrogens with one attached hydrogen (secondary N) is 1. The Morgan fingerprint density at radius 2 is 2.29 bits per heavy atom. The second-order valence-corrected chi connectivity index (χ2v) is 5.68. The molecule has 17 heavy (non-hydrogen) atoms. The molecule has 0 fully saturated rings. The van der Waals surface area contributed by atoms with E-state index in [1.807, 2.05) is 18.2 Å². The van der Waals surface area contributed by atoms with Gasteiger partial charge in [0.15, 0.2) is 0 Å². The van der Waals surface area contributed by atoms with E-state index < -0.39 is 0 Å². The van der Waals surface area contributed by atoms with E-state index in [1.54, 1.807) is 17.6 Å². The molecule has 4 heteroatoms. The van der Waals surface area contributed by atoms with Gasteiger partial charge in [0.25, 0.3) is 0 Å². The standard InChI is InChI=1S/C13H16ClNOS/c1-2-7-15-11(9-10-4-3-8-16-10)12-5-6-13(14)17-12/h3-6,8,11,15H,2,7,9H2,1H3. The molecule has 0 aromatic carbocycles. The van der Waals surface area contributed by atoms with Crippen LogP contribution < -0.4 is 5.32 Å². The zero-order valence-corrected chi connectivity index (χ0v) is 11.4. The molecule has 1 unspecified atom stereocenters. The van der Waals surface area contributed by atoms with Crippen LogP contribution in [0.25, 0.3) is 0 Å². The van der Waals surface area contributed by atoms with E-state index in [1.165, 1.54) is 4.88 Å². The molecule has 0 saturated heterocycles. The SMILES string of the molecule is CCCNC(Cc1ccco1)c1ccc(Cl)s1. The molecule has 0 bridgehead atoms. The first-order chi connectivity index (χ1) is 8.29. The summed E-state index contributed by atoms with van der Waals surface area (Å²) in [5.41, 5.74) is 0. The molecule has 0 amide bonds. The Balaban J connectivity index is 2.07. The second-order valence-electron chi connectivity index (χ2n) is 3.93. The van der Waals surface area contributed by atoms with Gasteiger partial charge in [-0.15, -0.1) is 11.3 Å². The van der Waals surface area contributed by atoms with Gasteiger partial charge in [0.05, 0.1) is 10.6 Å². The third kappa shape index (κ3) is 3.60. The van der Waals surface area contributed by atoms with Crippen molar-refractivity contribution in [2.24, 2.45) is 0 Å². The Bertz CT molecular complexity index is 438. The molecule has 1 atom stereocenters. The van der Waals surface area contributed by atoms with E-state index >= 15 is 0 Å². The average molecular weight is 270 g/mol. The zero-order chi connectivity index (χ0) is 12.1. The Morgan fingerprint density at radius 1 is 1.41 bits per heavy atom.